The Hall–Kier alpha value is -3.27. The number of rotatable bonds is 1. The minimum absolute atomic E-state index is 0.182. The molecule has 0 saturated carbocycles. The number of nitrogens with zero attached hydrogens (tertiary/aromatic N) is 4. The van der Waals surface area contributed by atoms with Crippen molar-refractivity contribution in [1.29, 1.82) is 5.26 Å². The molecule has 1 aliphatic carbocycles. The Labute approximate surface area is 136 Å². The minimum Gasteiger partial charge on any atom is -0.457 e. The number of fused-ring (bicyclic) bond motifs is 1. The Bertz CT molecular complexity index is 923. The number of hydrogen-bond acceptors (Lipinski definition) is 5. The highest BCUT2D eigenvalue weighted by Crippen LogP contribution is 2.43. The molecule has 0 N–H and O–H groups in total. The zero-order chi connectivity index (χ0) is 16.7. The van der Waals surface area contributed by atoms with Gasteiger partial charge in [0.1, 0.15) is 11.8 Å². The number of aromatic nitrogens is 2. The highest BCUT2D eigenvalue weighted by molar-refractivity contribution is 5.74. The molecule has 2 heterocycles. The van der Waals surface area contributed by atoms with Crippen LogP contribution in [0.15, 0.2) is 47.9 Å². The second-order valence-electron chi connectivity index (χ2n) is 5.25. The molecule has 2 aromatic rings. The minimum atomic E-state index is -1.19. The normalized spacial score (nSPS) is 15.5. The van der Waals surface area contributed by atoms with Gasteiger partial charge >= 0.3 is 0 Å². The lowest BCUT2D eigenvalue weighted by Crippen LogP contribution is -2.27. The van der Waals surface area contributed by atoms with Gasteiger partial charge in [0, 0.05) is 6.42 Å². The number of ether oxygens (including phenoxy) is 1. The number of halogens is 2. The predicted octanol–water partition coefficient (Wildman–Crippen LogP) is 3.72. The standard InChI is InChI=1S/C17H10F2N4O/c18-15-10(9-20)16(19)22-17(21-15)23-11-5-1-3-7-13(11)24-14-8-4-2-6-12(14)23/h1-3,5-7H,4,8H2. The molecule has 1 aliphatic heterocycles. The number of anilines is 2. The van der Waals surface area contributed by atoms with Crippen molar-refractivity contribution >= 4 is 11.6 Å². The first-order valence-electron chi connectivity index (χ1n) is 7.29. The second kappa shape index (κ2) is 5.42. The van der Waals surface area contributed by atoms with Gasteiger partial charge in [-0.25, -0.2) is 0 Å². The molecule has 4 rings (SSSR count). The summed E-state index contributed by atoms with van der Waals surface area (Å²) in [6.07, 6.45) is 5.23. The maximum absolute atomic E-state index is 14.0. The van der Waals surface area contributed by atoms with Crippen molar-refractivity contribution in [1.82, 2.24) is 9.97 Å². The summed E-state index contributed by atoms with van der Waals surface area (Å²) in [6, 6.07) is 8.53. The average Bonchev–Trinajstić information content (AvgIpc) is 2.59. The van der Waals surface area contributed by atoms with Crippen molar-refractivity contribution in [3.05, 3.63) is 65.3 Å². The Morgan fingerprint density at radius 2 is 1.92 bits per heavy atom. The van der Waals surface area contributed by atoms with E-state index >= 15 is 0 Å². The van der Waals surface area contributed by atoms with Gasteiger partial charge in [0.05, 0.1) is 11.4 Å². The summed E-state index contributed by atoms with van der Waals surface area (Å²) < 4.78 is 33.8. The van der Waals surface area contributed by atoms with Crippen LogP contribution in [-0.4, -0.2) is 9.97 Å². The van der Waals surface area contributed by atoms with Gasteiger partial charge in [-0.3, -0.25) is 4.90 Å². The van der Waals surface area contributed by atoms with Crippen LogP contribution in [0.3, 0.4) is 0 Å². The van der Waals surface area contributed by atoms with E-state index in [2.05, 4.69) is 9.97 Å². The van der Waals surface area contributed by atoms with Crippen LogP contribution in [0.1, 0.15) is 18.4 Å². The van der Waals surface area contributed by atoms with Crippen LogP contribution in [0.25, 0.3) is 0 Å². The summed E-state index contributed by atoms with van der Waals surface area (Å²) in [4.78, 5) is 8.90. The summed E-state index contributed by atoms with van der Waals surface area (Å²) in [6.45, 7) is 0. The third-order valence-electron chi connectivity index (χ3n) is 3.80. The van der Waals surface area contributed by atoms with Crippen LogP contribution in [-0.2, 0) is 0 Å². The fourth-order valence-corrected chi connectivity index (χ4v) is 2.73. The van der Waals surface area contributed by atoms with E-state index in [0.717, 1.165) is 6.42 Å². The third-order valence-corrected chi connectivity index (χ3v) is 3.80. The van der Waals surface area contributed by atoms with Gasteiger partial charge in [-0.1, -0.05) is 18.2 Å². The van der Waals surface area contributed by atoms with Crippen molar-refractivity contribution < 1.29 is 13.5 Å². The highest BCUT2D eigenvalue weighted by Gasteiger charge is 2.30. The van der Waals surface area contributed by atoms with E-state index in [9.17, 15) is 8.78 Å². The molecule has 0 atom stereocenters. The molecule has 24 heavy (non-hydrogen) atoms. The predicted molar refractivity (Wildman–Crippen MR) is 81.3 cm³/mol. The molecule has 118 valence electrons. The molecule has 7 heteroatoms. The van der Waals surface area contributed by atoms with Gasteiger partial charge < -0.3 is 4.74 Å². The van der Waals surface area contributed by atoms with Crippen LogP contribution in [0.2, 0.25) is 0 Å². The van der Waals surface area contributed by atoms with Crippen molar-refractivity contribution in [2.45, 2.75) is 12.8 Å². The van der Waals surface area contributed by atoms with Crippen LogP contribution in [0, 0.1) is 23.2 Å². The van der Waals surface area contributed by atoms with Crippen LogP contribution in [0.5, 0.6) is 5.75 Å². The average molecular weight is 324 g/mol. The van der Waals surface area contributed by atoms with Gasteiger partial charge in [-0.2, -0.15) is 24.0 Å². The quantitative estimate of drug-likeness (QED) is 0.748. The SMILES string of the molecule is N#Cc1c(F)nc(N2C3=C(CCC=C3)Oc3ccccc32)nc1F. The summed E-state index contributed by atoms with van der Waals surface area (Å²) in [5.74, 6) is -1.32. The lowest BCUT2D eigenvalue weighted by molar-refractivity contribution is 0.387. The Kier molecular flexibility index (Phi) is 3.24. The van der Waals surface area contributed by atoms with Crippen LogP contribution in [0.4, 0.5) is 20.4 Å². The maximum atomic E-state index is 14.0. The Morgan fingerprint density at radius 3 is 2.67 bits per heavy atom. The zero-order valence-electron chi connectivity index (χ0n) is 12.3. The molecule has 0 spiro atoms. The van der Waals surface area contributed by atoms with E-state index in [0.29, 0.717) is 29.3 Å². The van der Waals surface area contributed by atoms with Gasteiger partial charge in [-0.15, -0.1) is 0 Å². The molecule has 0 bridgehead atoms. The fourth-order valence-electron chi connectivity index (χ4n) is 2.73. The monoisotopic (exact) mass is 324 g/mol. The van der Waals surface area contributed by atoms with Crippen molar-refractivity contribution in [2.24, 2.45) is 0 Å². The van der Waals surface area contributed by atoms with Gasteiger partial charge in [0.25, 0.3) is 0 Å². The lowest BCUT2D eigenvalue weighted by atomic mass is 10.1. The smallest absolute Gasteiger partial charge is 0.240 e. The lowest BCUT2D eigenvalue weighted by Gasteiger charge is -2.33. The highest BCUT2D eigenvalue weighted by atomic mass is 19.1. The van der Waals surface area contributed by atoms with E-state index in [1.54, 1.807) is 18.2 Å². The number of allylic oxidation sites excluding steroid dienone is 3. The first-order valence-corrected chi connectivity index (χ1v) is 7.29. The first-order chi connectivity index (χ1) is 11.7. The van der Waals surface area contributed by atoms with E-state index in [1.807, 2.05) is 18.2 Å². The van der Waals surface area contributed by atoms with E-state index in [4.69, 9.17) is 10.00 Å². The number of hydrogen-bond donors (Lipinski definition) is 0. The van der Waals surface area contributed by atoms with Gasteiger partial charge in [0.15, 0.2) is 11.3 Å². The van der Waals surface area contributed by atoms with Crippen molar-refractivity contribution in [3.8, 4) is 11.8 Å². The molecular formula is C17H10F2N4O. The van der Waals surface area contributed by atoms with E-state index in [-0.39, 0.29) is 5.95 Å². The number of para-hydroxylation sites is 2. The summed E-state index contributed by atoms with van der Waals surface area (Å²) in [5.41, 5.74) is 0.406. The van der Waals surface area contributed by atoms with Gasteiger partial charge in [-0.05, 0) is 24.6 Å². The Balaban J connectivity index is 1.94. The van der Waals surface area contributed by atoms with Crippen molar-refractivity contribution in [2.75, 3.05) is 4.90 Å². The summed E-state index contributed by atoms with van der Waals surface area (Å²) >= 11 is 0. The molecule has 2 aliphatic rings. The molecule has 5 nitrogen and oxygen atoms in total. The molecule has 1 aromatic carbocycles. The molecular weight excluding hydrogens is 314 g/mol. The number of nitriles is 1. The Morgan fingerprint density at radius 1 is 1.17 bits per heavy atom. The van der Waals surface area contributed by atoms with Crippen LogP contribution >= 0.6 is 0 Å². The molecule has 0 fully saturated rings. The summed E-state index contributed by atoms with van der Waals surface area (Å²) in [5, 5.41) is 8.78. The van der Waals surface area contributed by atoms with Crippen LogP contribution < -0.4 is 9.64 Å². The zero-order valence-corrected chi connectivity index (χ0v) is 12.3. The second-order valence-corrected chi connectivity index (χ2v) is 5.25. The first kappa shape index (κ1) is 14.3. The molecule has 0 saturated heterocycles. The molecule has 1 aromatic heterocycles. The fraction of sp³-hybridized carbons (Fsp3) is 0.118. The molecule has 0 unspecified atom stereocenters. The third kappa shape index (κ3) is 2.12. The molecule has 0 amide bonds. The van der Waals surface area contributed by atoms with Crippen molar-refractivity contribution in [3.63, 3.8) is 0 Å². The van der Waals surface area contributed by atoms with E-state index in [1.165, 1.54) is 11.0 Å². The van der Waals surface area contributed by atoms with Gasteiger partial charge in [0.2, 0.25) is 17.8 Å². The topological polar surface area (TPSA) is 62.0 Å². The van der Waals surface area contributed by atoms with E-state index < -0.39 is 17.5 Å². The molecule has 0 radical (unpaired) electrons. The number of benzene rings is 1. The maximum Gasteiger partial charge on any atom is 0.240 e. The largest absolute Gasteiger partial charge is 0.457 e. The summed E-state index contributed by atoms with van der Waals surface area (Å²) in [7, 11) is 0.